The minimum atomic E-state index is -4.96. The molecule has 25 heavy (non-hydrogen) atoms. The van der Waals surface area contributed by atoms with Crippen LogP contribution in [0.4, 0.5) is 18.9 Å². The van der Waals surface area contributed by atoms with Gasteiger partial charge < -0.3 is 5.32 Å². The Labute approximate surface area is 146 Å². The molecule has 5 nitrogen and oxygen atoms in total. The summed E-state index contributed by atoms with van der Waals surface area (Å²) in [7, 11) is 0. The Morgan fingerprint density at radius 1 is 1.28 bits per heavy atom. The fourth-order valence-electron chi connectivity index (χ4n) is 2.76. The number of nitrogens with one attached hydrogen (secondary N) is 1. The molecule has 0 saturated heterocycles. The summed E-state index contributed by atoms with van der Waals surface area (Å²) >= 11 is 6.04. The second kappa shape index (κ2) is 6.95. The number of benzene rings is 1. The second-order valence-corrected chi connectivity index (χ2v) is 6.19. The van der Waals surface area contributed by atoms with Gasteiger partial charge in [0.25, 0.3) is 0 Å². The maximum absolute atomic E-state index is 12.4. The highest BCUT2D eigenvalue weighted by Gasteiger charge is 2.38. The van der Waals surface area contributed by atoms with Crippen LogP contribution in [-0.4, -0.2) is 35.0 Å². The monoisotopic (exact) mass is 370 g/mol. The molecule has 0 saturated carbocycles. The van der Waals surface area contributed by atoms with Gasteiger partial charge in [0, 0.05) is 23.0 Å². The summed E-state index contributed by atoms with van der Waals surface area (Å²) in [5, 5.41) is 11.1. The first-order valence-electron chi connectivity index (χ1n) is 7.66. The first-order valence-corrected chi connectivity index (χ1v) is 8.03. The lowest BCUT2D eigenvalue weighted by Crippen LogP contribution is -2.29. The van der Waals surface area contributed by atoms with E-state index < -0.39 is 12.1 Å². The number of hydrogen-bond acceptors (Lipinski definition) is 4. The van der Waals surface area contributed by atoms with E-state index in [0.717, 1.165) is 25.1 Å². The summed E-state index contributed by atoms with van der Waals surface area (Å²) < 4.78 is 37.1. The van der Waals surface area contributed by atoms with Gasteiger partial charge in [0.1, 0.15) is 0 Å². The Morgan fingerprint density at radius 3 is 2.76 bits per heavy atom. The summed E-state index contributed by atoms with van der Waals surface area (Å²) in [4.78, 5) is 15.3. The van der Waals surface area contributed by atoms with Crippen molar-refractivity contribution in [2.45, 2.75) is 25.4 Å². The highest BCUT2D eigenvalue weighted by molar-refractivity contribution is 6.34. The largest absolute Gasteiger partial charge is 0.471 e. The summed E-state index contributed by atoms with van der Waals surface area (Å²) in [6, 6.07) is 4.38. The Balaban J connectivity index is 1.90. The molecule has 2 aromatic rings. The van der Waals surface area contributed by atoms with Gasteiger partial charge in [-0.15, -0.1) is 5.10 Å². The van der Waals surface area contributed by atoms with Gasteiger partial charge >= 0.3 is 12.1 Å². The number of anilines is 1. The maximum atomic E-state index is 12.4. The lowest BCUT2D eigenvalue weighted by atomic mass is 9.93. The number of nitrogens with zero attached hydrogens (tertiary/aromatic N) is 3. The average molecular weight is 371 g/mol. The molecule has 1 aliphatic rings. The Morgan fingerprint density at radius 2 is 2.08 bits per heavy atom. The molecule has 2 heterocycles. The SMILES string of the molecule is O=C(Nc1ccc2c(CC3CC=NCC3)nnc(Cl)c2c1)C(F)(F)F. The third-order valence-corrected chi connectivity index (χ3v) is 4.32. The fraction of sp³-hybridized carbons (Fsp3) is 0.375. The quantitative estimate of drug-likeness (QED) is 0.893. The number of alkyl halides is 3. The van der Waals surface area contributed by atoms with Crippen LogP contribution >= 0.6 is 11.6 Å². The predicted molar refractivity (Wildman–Crippen MR) is 89.0 cm³/mol. The van der Waals surface area contributed by atoms with Crippen LogP contribution in [0.5, 0.6) is 0 Å². The molecule has 1 amide bonds. The van der Waals surface area contributed by atoms with Crippen molar-refractivity contribution in [2.75, 3.05) is 11.9 Å². The van der Waals surface area contributed by atoms with Gasteiger partial charge in [0.15, 0.2) is 5.15 Å². The molecule has 0 radical (unpaired) electrons. The fourth-order valence-corrected chi connectivity index (χ4v) is 2.95. The average Bonchev–Trinajstić information content (AvgIpc) is 2.58. The van der Waals surface area contributed by atoms with Crippen molar-refractivity contribution in [1.82, 2.24) is 10.2 Å². The lowest BCUT2D eigenvalue weighted by molar-refractivity contribution is -0.167. The normalized spacial score (nSPS) is 17.7. The maximum Gasteiger partial charge on any atom is 0.471 e. The third-order valence-electron chi connectivity index (χ3n) is 4.04. The summed E-state index contributed by atoms with van der Waals surface area (Å²) in [5.74, 6) is -1.65. The minimum Gasteiger partial charge on any atom is -0.318 e. The molecule has 1 N–H and O–H groups in total. The topological polar surface area (TPSA) is 67.2 Å². The number of rotatable bonds is 3. The summed E-state index contributed by atoms with van der Waals surface area (Å²) in [6.45, 7) is 0.775. The van der Waals surface area contributed by atoms with Gasteiger partial charge in [-0.1, -0.05) is 17.7 Å². The van der Waals surface area contributed by atoms with Gasteiger partial charge in [-0.25, -0.2) is 0 Å². The van der Waals surface area contributed by atoms with Gasteiger partial charge in [-0.3, -0.25) is 9.79 Å². The molecular weight excluding hydrogens is 357 g/mol. The van der Waals surface area contributed by atoms with E-state index in [9.17, 15) is 18.0 Å². The van der Waals surface area contributed by atoms with Crippen LogP contribution in [0.1, 0.15) is 18.5 Å². The van der Waals surface area contributed by atoms with Crippen LogP contribution < -0.4 is 5.32 Å². The molecule has 0 aliphatic carbocycles. The van der Waals surface area contributed by atoms with Crippen molar-refractivity contribution in [2.24, 2.45) is 10.9 Å². The van der Waals surface area contributed by atoms with E-state index in [1.807, 2.05) is 11.5 Å². The molecule has 1 aromatic carbocycles. The number of fused-ring (bicyclic) bond motifs is 1. The van der Waals surface area contributed by atoms with Gasteiger partial charge in [0.2, 0.25) is 0 Å². The molecule has 1 aliphatic heterocycles. The number of hydrogen-bond donors (Lipinski definition) is 1. The highest BCUT2D eigenvalue weighted by Crippen LogP contribution is 2.29. The molecule has 3 rings (SSSR count). The number of halogens is 4. The first-order chi connectivity index (χ1) is 11.8. The third kappa shape index (κ3) is 4.07. The predicted octanol–water partition coefficient (Wildman–Crippen LogP) is 3.81. The van der Waals surface area contributed by atoms with Gasteiger partial charge in [-0.2, -0.15) is 18.3 Å². The van der Waals surface area contributed by atoms with Crippen molar-refractivity contribution < 1.29 is 18.0 Å². The van der Waals surface area contributed by atoms with Crippen LogP contribution in [0.15, 0.2) is 23.2 Å². The number of carbonyl (C=O) groups excluding carboxylic acids is 1. The van der Waals surface area contributed by atoms with E-state index in [2.05, 4.69) is 15.2 Å². The molecule has 9 heteroatoms. The molecule has 0 spiro atoms. The van der Waals surface area contributed by atoms with Crippen molar-refractivity contribution in [3.05, 3.63) is 29.0 Å². The Kier molecular flexibility index (Phi) is 4.89. The smallest absolute Gasteiger partial charge is 0.318 e. The van der Waals surface area contributed by atoms with E-state index in [1.54, 1.807) is 6.07 Å². The zero-order valence-corrected chi connectivity index (χ0v) is 13.7. The minimum absolute atomic E-state index is 0.000440. The molecular formula is C16H14ClF3N4O. The van der Waals surface area contributed by atoms with Crippen molar-refractivity contribution in [3.63, 3.8) is 0 Å². The summed E-state index contributed by atoms with van der Waals surface area (Å²) in [6.07, 6.45) is -0.581. The first kappa shape index (κ1) is 17.6. The van der Waals surface area contributed by atoms with Crippen LogP contribution in [0.3, 0.4) is 0 Å². The standard InChI is InChI=1S/C16H14ClF3N4O/c17-14-12-8-10(22-15(25)16(18,19)20)1-2-11(12)13(23-24-14)7-9-3-5-21-6-4-9/h1-2,5,8-9H,3-4,6-7H2,(H,22,25). The molecule has 1 unspecified atom stereocenters. The van der Waals surface area contributed by atoms with Crippen LogP contribution in [0.2, 0.25) is 5.15 Å². The van der Waals surface area contributed by atoms with E-state index >= 15 is 0 Å². The zero-order chi connectivity index (χ0) is 18.0. The van der Waals surface area contributed by atoms with E-state index in [1.165, 1.54) is 12.1 Å². The van der Waals surface area contributed by atoms with Gasteiger partial charge in [-0.05, 0) is 43.5 Å². The molecule has 1 atom stereocenters. The lowest BCUT2D eigenvalue weighted by Gasteiger charge is -2.17. The number of aromatic nitrogens is 2. The number of aliphatic imine (C=N–C) groups is 1. The molecule has 1 aromatic heterocycles. The van der Waals surface area contributed by atoms with Crippen LogP contribution in [-0.2, 0) is 11.2 Å². The number of amides is 1. The van der Waals surface area contributed by atoms with Crippen molar-refractivity contribution in [1.29, 1.82) is 0 Å². The van der Waals surface area contributed by atoms with E-state index in [-0.39, 0.29) is 10.8 Å². The summed E-state index contributed by atoms with van der Waals surface area (Å²) in [5.41, 5.74) is 0.730. The van der Waals surface area contributed by atoms with Crippen LogP contribution in [0.25, 0.3) is 10.8 Å². The Bertz CT molecular complexity index is 838. The highest BCUT2D eigenvalue weighted by atomic mass is 35.5. The zero-order valence-electron chi connectivity index (χ0n) is 13.0. The van der Waals surface area contributed by atoms with Crippen LogP contribution in [0, 0.1) is 5.92 Å². The van der Waals surface area contributed by atoms with Crippen molar-refractivity contribution in [3.8, 4) is 0 Å². The number of carbonyl (C=O) groups is 1. The van der Waals surface area contributed by atoms with E-state index in [0.29, 0.717) is 23.1 Å². The molecule has 132 valence electrons. The van der Waals surface area contributed by atoms with E-state index in [4.69, 9.17) is 11.6 Å². The Hall–Kier alpha value is -2.22. The van der Waals surface area contributed by atoms with Gasteiger partial charge in [0.05, 0.1) is 5.69 Å². The molecule has 0 bridgehead atoms. The second-order valence-electron chi connectivity index (χ2n) is 5.83. The molecule has 0 fully saturated rings. The van der Waals surface area contributed by atoms with Crippen molar-refractivity contribution >= 4 is 40.2 Å².